The Morgan fingerprint density at radius 1 is 1.05 bits per heavy atom. The number of likely N-dealkylation sites (N-methyl/N-ethyl adjacent to an activating group) is 1. The van der Waals surface area contributed by atoms with Gasteiger partial charge in [-0.15, -0.1) is 0 Å². The molecule has 0 fully saturated rings. The third-order valence-electron chi connectivity index (χ3n) is 2.79. The van der Waals surface area contributed by atoms with Gasteiger partial charge >= 0.3 is 5.97 Å². The molecule has 19 heavy (non-hydrogen) atoms. The van der Waals surface area contributed by atoms with Crippen molar-refractivity contribution in [1.82, 2.24) is 4.90 Å². The van der Waals surface area contributed by atoms with E-state index in [-0.39, 0.29) is 23.9 Å². The SMILES string of the molecule is CN(CCOC(=O)C(C)(C)C)C(=O)CCC(C)(C)C. The molecule has 0 atom stereocenters. The number of carbonyl (C=O) groups is 2. The maximum absolute atomic E-state index is 11.8. The second kappa shape index (κ2) is 6.92. The molecule has 1 amide bonds. The number of nitrogens with zero attached hydrogens (tertiary/aromatic N) is 1. The zero-order valence-corrected chi connectivity index (χ0v) is 13.5. The van der Waals surface area contributed by atoms with Gasteiger partial charge in [-0.1, -0.05) is 20.8 Å². The molecular formula is C15H29NO3. The number of amides is 1. The van der Waals surface area contributed by atoms with Crippen LogP contribution in [0.2, 0.25) is 0 Å². The van der Waals surface area contributed by atoms with Gasteiger partial charge < -0.3 is 9.64 Å². The van der Waals surface area contributed by atoms with Gasteiger partial charge in [-0.2, -0.15) is 0 Å². The minimum absolute atomic E-state index is 0.0988. The van der Waals surface area contributed by atoms with Gasteiger partial charge in [0.15, 0.2) is 0 Å². The fourth-order valence-electron chi connectivity index (χ4n) is 1.29. The largest absolute Gasteiger partial charge is 0.463 e. The molecule has 0 radical (unpaired) electrons. The summed E-state index contributed by atoms with van der Waals surface area (Å²) >= 11 is 0. The first-order chi connectivity index (χ1) is 8.43. The first-order valence-electron chi connectivity index (χ1n) is 6.85. The van der Waals surface area contributed by atoms with Crippen molar-refractivity contribution in [2.75, 3.05) is 20.2 Å². The van der Waals surface area contributed by atoms with E-state index in [0.29, 0.717) is 13.0 Å². The van der Waals surface area contributed by atoms with Gasteiger partial charge in [0.2, 0.25) is 5.91 Å². The Morgan fingerprint density at radius 3 is 2.00 bits per heavy atom. The molecule has 0 N–H and O–H groups in total. The van der Waals surface area contributed by atoms with Crippen molar-refractivity contribution >= 4 is 11.9 Å². The van der Waals surface area contributed by atoms with Crippen molar-refractivity contribution in [2.45, 2.75) is 54.4 Å². The number of rotatable bonds is 5. The molecule has 0 bridgehead atoms. The summed E-state index contributed by atoms with van der Waals surface area (Å²) in [6.45, 7) is 12.5. The van der Waals surface area contributed by atoms with Gasteiger partial charge in [0.1, 0.15) is 6.61 Å². The number of carbonyl (C=O) groups excluding carboxylic acids is 2. The zero-order chi connectivity index (χ0) is 15.3. The first kappa shape index (κ1) is 17.9. The summed E-state index contributed by atoms with van der Waals surface area (Å²) in [7, 11) is 1.75. The van der Waals surface area contributed by atoms with Crippen LogP contribution in [-0.2, 0) is 14.3 Å². The highest BCUT2D eigenvalue weighted by Crippen LogP contribution is 2.21. The maximum atomic E-state index is 11.8. The predicted molar refractivity (Wildman–Crippen MR) is 76.7 cm³/mol. The third-order valence-corrected chi connectivity index (χ3v) is 2.79. The van der Waals surface area contributed by atoms with Crippen LogP contribution in [0.25, 0.3) is 0 Å². The lowest BCUT2D eigenvalue weighted by Crippen LogP contribution is -2.32. The van der Waals surface area contributed by atoms with Crippen LogP contribution >= 0.6 is 0 Å². The zero-order valence-electron chi connectivity index (χ0n) is 13.5. The first-order valence-corrected chi connectivity index (χ1v) is 6.85. The Bertz CT molecular complexity index is 310. The highest BCUT2D eigenvalue weighted by Gasteiger charge is 2.23. The van der Waals surface area contributed by atoms with Gasteiger partial charge in [0, 0.05) is 13.5 Å². The normalized spacial score (nSPS) is 12.2. The van der Waals surface area contributed by atoms with Crippen molar-refractivity contribution in [2.24, 2.45) is 10.8 Å². The van der Waals surface area contributed by atoms with E-state index >= 15 is 0 Å². The standard InChI is InChI=1S/C15H29NO3/c1-14(2,3)9-8-12(17)16(7)10-11-19-13(18)15(4,5)6/h8-11H2,1-7H3. The molecule has 4 nitrogen and oxygen atoms in total. The monoisotopic (exact) mass is 271 g/mol. The lowest BCUT2D eigenvalue weighted by atomic mass is 9.90. The Kier molecular flexibility index (Phi) is 6.53. The summed E-state index contributed by atoms with van der Waals surface area (Å²) in [5.41, 5.74) is -0.329. The summed E-state index contributed by atoms with van der Waals surface area (Å²) in [6.07, 6.45) is 1.39. The van der Waals surface area contributed by atoms with Crippen LogP contribution < -0.4 is 0 Å². The van der Waals surface area contributed by atoms with Crippen LogP contribution in [0.1, 0.15) is 54.4 Å². The van der Waals surface area contributed by atoms with Gasteiger partial charge in [-0.25, -0.2) is 0 Å². The molecule has 0 aliphatic carbocycles. The van der Waals surface area contributed by atoms with E-state index in [1.54, 1.807) is 11.9 Å². The van der Waals surface area contributed by atoms with E-state index in [1.165, 1.54) is 0 Å². The van der Waals surface area contributed by atoms with Crippen molar-refractivity contribution in [3.05, 3.63) is 0 Å². The van der Waals surface area contributed by atoms with E-state index in [2.05, 4.69) is 20.8 Å². The van der Waals surface area contributed by atoms with Gasteiger partial charge in [0.05, 0.1) is 12.0 Å². The van der Waals surface area contributed by atoms with Crippen LogP contribution in [0.15, 0.2) is 0 Å². The predicted octanol–water partition coefficient (Wildman–Crippen LogP) is 2.86. The molecular weight excluding hydrogens is 242 g/mol. The molecule has 0 saturated carbocycles. The van der Waals surface area contributed by atoms with Gasteiger partial charge in [-0.05, 0) is 32.6 Å². The maximum Gasteiger partial charge on any atom is 0.311 e. The topological polar surface area (TPSA) is 46.6 Å². The highest BCUT2D eigenvalue weighted by atomic mass is 16.5. The van der Waals surface area contributed by atoms with Crippen LogP contribution in [0, 0.1) is 10.8 Å². The summed E-state index contributed by atoms with van der Waals surface area (Å²) in [5.74, 6) is -0.134. The van der Waals surface area contributed by atoms with Crippen molar-refractivity contribution < 1.29 is 14.3 Å². The molecule has 0 aromatic heterocycles. The second-order valence-electron chi connectivity index (χ2n) is 7.26. The summed E-state index contributed by atoms with van der Waals surface area (Å²) in [4.78, 5) is 25.0. The Hall–Kier alpha value is -1.06. The molecule has 4 heteroatoms. The molecule has 0 heterocycles. The lowest BCUT2D eigenvalue weighted by Gasteiger charge is -2.22. The van der Waals surface area contributed by atoms with Gasteiger partial charge in [-0.3, -0.25) is 9.59 Å². The fraction of sp³-hybridized carbons (Fsp3) is 0.867. The number of hydrogen-bond acceptors (Lipinski definition) is 3. The Morgan fingerprint density at radius 2 is 1.58 bits per heavy atom. The molecule has 0 aromatic carbocycles. The number of ether oxygens (including phenoxy) is 1. The summed E-state index contributed by atoms with van der Waals surface area (Å²) in [5, 5.41) is 0. The quantitative estimate of drug-likeness (QED) is 0.722. The molecule has 0 aromatic rings. The number of esters is 1. The molecule has 112 valence electrons. The van der Waals surface area contributed by atoms with Crippen molar-refractivity contribution in [3.63, 3.8) is 0 Å². The molecule has 0 rings (SSSR count). The second-order valence-corrected chi connectivity index (χ2v) is 7.26. The summed E-state index contributed by atoms with van der Waals surface area (Å²) < 4.78 is 5.14. The molecule has 0 unspecified atom stereocenters. The fourth-order valence-corrected chi connectivity index (χ4v) is 1.29. The highest BCUT2D eigenvalue weighted by molar-refractivity contribution is 5.76. The van der Waals surface area contributed by atoms with Crippen molar-refractivity contribution in [3.8, 4) is 0 Å². The van der Waals surface area contributed by atoms with Crippen LogP contribution in [-0.4, -0.2) is 37.0 Å². The third kappa shape index (κ3) is 8.62. The number of hydrogen-bond donors (Lipinski definition) is 0. The van der Waals surface area contributed by atoms with E-state index < -0.39 is 5.41 Å². The minimum atomic E-state index is -0.491. The Labute approximate surface area is 117 Å². The smallest absolute Gasteiger partial charge is 0.311 e. The Balaban J connectivity index is 3.96. The van der Waals surface area contributed by atoms with E-state index in [1.807, 2.05) is 20.8 Å². The van der Waals surface area contributed by atoms with Crippen LogP contribution in [0.5, 0.6) is 0 Å². The van der Waals surface area contributed by atoms with Crippen molar-refractivity contribution in [1.29, 1.82) is 0 Å². The molecule has 0 aliphatic heterocycles. The van der Waals surface area contributed by atoms with E-state index in [9.17, 15) is 9.59 Å². The lowest BCUT2D eigenvalue weighted by molar-refractivity contribution is -0.154. The van der Waals surface area contributed by atoms with Gasteiger partial charge in [0.25, 0.3) is 0 Å². The average Bonchev–Trinajstić information content (AvgIpc) is 2.23. The minimum Gasteiger partial charge on any atom is -0.463 e. The van der Waals surface area contributed by atoms with Crippen LogP contribution in [0.4, 0.5) is 0 Å². The molecule has 0 saturated heterocycles. The molecule has 0 spiro atoms. The van der Waals surface area contributed by atoms with E-state index in [4.69, 9.17) is 4.74 Å². The van der Waals surface area contributed by atoms with Crippen LogP contribution in [0.3, 0.4) is 0 Å². The molecule has 0 aliphatic rings. The van der Waals surface area contributed by atoms with E-state index in [0.717, 1.165) is 6.42 Å². The average molecular weight is 271 g/mol. The summed E-state index contributed by atoms with van der Waals surface area (Å²) in [6, 6.07) is 0.